The minimum absolute atomic E-state index is 0.0556. The van der Waals surface area contributed by atoms with Crippen LogP contribution in [0, 0.1) is 5.92 Å². The topological polar surface area (TPSA) is 38.8 Å². The van der Waals surface area contributed by atoms with Gasteiger partial charge in [0.25, 0.3) is 0 Å². The molecule has 3 atom stereocenters. The number of likely N-dealkylation sites (N-methyl/N-ethyl adjacent to an activating group) is 1. The van der Waals surface area contributed by atoms with Gasteiger partial charge in [-0.25, -0.2) is 0 Å². The van der Waals surface area contributed by atoms with Crippen molar-refractivity contribution >= 4 is 5.78 Å². The fourth-order valence-electron chi connectivity index (χ4n) is 5.45. The Morgan fingerprint density at radius 3 is 2.83 bits per heavy atom. The molecule has 4 nitrogen and oxygen atoms in total. The van der Waals surface area contributed by atoms with E-state index < -0.39 is 0 Å². The summed E-state index contributed by atoms with van der Waals surface area (Å²) in [6, 6.07) is 4.73. The molecule has 0 radical (unpaired) electrons. The van der Waals surface area contributed by atoms with Gasteiger partial charge in [-0.15, -0.1) is 0 Å². The molecule has 3 aliphatic rings. The van der Waals surface area contributed by atoms with Gasteiger partial charge in [-0.2, -0.15) is 0 Å². The average molecular weight is 315 g/mol. The summed E-state index contributed by atoms with van der Waals surface area (Å²) < 4.78 is 11.3. The van der Waals surface area contributed by atoms with Crippen molar-refractivity contribution in [3.05, 3.63) is 23.3 Å². The Labute approximate surface area is 137 Å². The summed E-state index contributed by atoms with van der Waals surface area (Å²) in [5.41, 5.74) is 2.55. The number of ether oxygens (including phenoxy) is 2. The van der Waals surface area contributed by atoms with Gasteiger partial charge in [0.2, 0.25) is 0 Å². The molecule has 0 aromatic heterocycles. The highest BCUT2D eigenvalue weighted by molar-refractivity contribution is 5.82. The number of hydrogen-bond donors (Lipinski definition) is 0. The van der Waals surface area contributed by atoms with Crippen LogP contribution in [0.1, 0.15) is 36.8 Å². The number of nitrogens with zero attached hydrogens (tertiary/aromatic N) is 1. The number of carbonyl (C=O) groups excluding carboxylic acids is 1. The summed E-state index contributed by atoms with van der Waals surface area (Å²) in [6.45, 7) is 1.05. The Kier molecular flexibility index (Phi) is 3.41. The monoisotopic (exact) mass is 315 g/mol. The molecule has 1 aromatic rings. The highest BCUT2D eigenvalue weighted by Crippen LogP contribution is 2.58. The van der Waals surface area contributed by atoms with Gasteiger partial charge in [-0.05, 0) is 50.4 Å². The third-order valence-electron chi connectivity index (χ3n) is 6.46. The quantitative estimate of drug-likeness (QED) is 0.841. The van der Waals surface area contributed by atoms with Crippen molar-refractivity contribution in [1.82, 2.24) is 4.90 Å². The highest BCUT2D eigenvalue weighted by atomic mass is 16.5. The number of methoxy groups -OCH3 is 2. The third kappa shape index (κ3) is 1.97. The van der Waals surface area contributed by atoms with E-state index >= 15 is 0 Å². The van der Waals surface area contributed by atoms with E-state index in [9.17, 15) is 4.79 Å². The summed E-state index contributed by atoms with van der Waals surface area (Å²) in [4.78, 5) is 14.9. The summed E-state index contributed by atoms with van der Waals surface area (Å²) in [5.74, 6) is 2.59. The van der Waals surface area contributed by atoms with Gasteiger partial charge in [0, 0.05) is 29.9 Å². The van der Waals surface area contributed by atoms with Crippen LogP contribution >= 0.6 is 0 Å². The van der Waals surface area contributed by atoms with Crippen LogP contribution in [-0.4, -0.2) is 44.5 Å². The van der Waals surface area contributed by atoms with Crippen LogP contribution in [0.2, 0.25) is 0 Å². The average Bonchev–Trinajstić information content (AvgIpc) is 2.56. The predicted molar refractivity (Wildman–Crippen MR) is 88.3 cm³/mol. The summed E-state index contributed by atoms with van der Waals surface area (Å²) in [6.07, 6.45) is 4.49. The lowest BCUT2D eigenvalue weighted by Gasteiger charge is -2.58. The van der Waals surface area contributed by atoms with Crippen molar-refractivity contribution in [3.63, 3.8) is 0 Å². The molecule has 0 spiro atoms. The van der Waals surface area contributed by atoms with E-state index in [0.29, 0.717) is 24.2 Å². The lowest BCUT2D eigenvalue weighted by atomic mass is 9.52. The molecule has 0 N–H and O–H groups in total. The molecule has 1 heterocycles. The van der Waals surface area contributed by atoms with E-state index in [0.717, 1.165) is 43.7 Å². The molecule has 1 saturated heterocycles. The molecule has 0 amide bonds. The second kappa shape index (κ2) is 5.23. The van der Waals surface area contributed by atoms with E-state index in [1.54, 1.807) is 14.2 Å². The van der Waals surface area contributed by atoms with Crippen LogP contribution in [0.15, 0.2) is 12.1 Å². The van der Waals surface area contributed by atoms with Gasteiger partial charge in [0.1, 0.15) is 5.78 Å². The maximum atomic E-state index is 12.4. The number of ketones is 1. The molecule has 1 aromatic carbocycles. The molecule has 2 aliphatic carbocycles. The van der Waals surface area contributed by atoms with Crippen molar-refractivity contribution in [1.29, 1.82) is 0 Å². The van der Waals surface area contributed by atoms with E-state index in [1.165, 1.54) is 11.1 Å². The number of Topliss-reactive ketones (excluding diaryl/α,β-unsaturated/α-hetero) is 1. The molecule has 23 heavy (non-hydrogen) atoms. The molecule has 1 aliphatic heterocycles. The second-order valence-electron chi connectivity index (χ2n) is 7.35. The number of likely N-dealkylation sites (tertiary alicyclic amines) is 1. The van der Waals surface area contributed by atoms with Crippen molar-refractivity contribution < 1.29 is 14.3 Å². The predicted octanol–water partition coefficient (Wildman–Crippen LogP) is 2.57. The van der Waals surface area contributed by atoms with Crippen molar-refractivity contribution in [3.8, 4) is 11.5 Å². The Hall–Kier alpha value is -1.55. The minimum atomic E-state index is -0.0556. The maximum Gasteiger partial charge on any atom is 0.164 e. The van der Waals surface area contributed by atoms with Gasteiger partial charge in [0.15, 0.2) is 11.5 Å². The first-order valence-corrected chi connectivity index (χ1v) is 8.57. The Morgan fingerprint density at radius 2 is 2.09 bits per heavy atom. The summed E-state index contributed by atoms with van der Waals surface area (Å²) in [7, 11) is 5.64. The van der Waals surface area contributed by atoms with Gasteiger partial charge in [-0.1, -0.05) is 6.07 Å². The van der Waals surface area contributed by atoms with E-state index in [4.69, 9.17) is 9.47 Å². The zero-order valence-electron chi connectivity index (χ0n) is 14.2. The Morgan fingerprint density at radius 1 is 1.26 bits per heavy atom. The number of carbonyl (C=O) groups is 1. The number of fused-ring (bicyclic) bond motifs is 1. The highest BCUT2D eigenvalue weighted by Gasteiger charge is 2.56. The van der Waals surface area contributed by atoms with Gasteiger partial charge >= 0.3 is 0 Å². The van der Waals surface area contributed by atoms with Crippen molar-refractivity contribution in [2.75, 3.05) is 27.8 Å². The van der Waals surface area contributed by atoms with Crippen LogP contribution in [0.5, 0.6) is 11.5 Å². The standard InChI is InChI=1S/C19H25NO3/c1-20-9-8-19-11-13(21)5-6-14(19)15(20)10-12-4-7-16(22-2)18(23-3)17(12)19/h4,7,14-15H,5-6,8-11H2,1-3H3/t14-,15-,19-/m0/s1. The lowest BCUT2D eigenvalue weighted by Crippen LogP contribution is -2.61. The van der Waals surface area contributed by atoms with Crippen LogP contribution < -0.4 is 9.47 Å². The molecule has 1 saturated carbocycles. The minimum Gasteiger partial charge on any atom is -0.493 e. The normalized spacial score (nSPS) is 32.9. The molecule has 2 fully saturated rings. The molecular weight excluding hydrogens is 290 g/mol. The fourth-order valence-corrected chi connectivity index (χ4v) is 5.45. The van der Waals surface area contributed by atoms with E-state index in [1.807, 2.05) is 6.07 Å². The van der Waals surface area contributed by atoms with E-state index in [-0.39, 0.29) is 5.41 Å². The van der Waals surface area contributed by atoms with Crippen LogP contribution in [0.3, 0.4) is 0 Å². The Balaban J connectivity index is 1.96. The zero-order valence-corrected chi connectivity index (χ0v) is 14.2. The maximum absolute atomic E-state index is 12.4. The lowest BCUT2D eigenvalue weighted by molar-refractivity contribution is -0.126. The first-order valence-electron chi connectivity index (χ1n) is 8.57. The van der Waals surface area contributed by atoms with E-state index in [2.05, 4.69) is 18.0 Å². The van der Waals surface area contributed by atoms with Crippen LogP contribution in [0.25, 0.3) is 0 Å². The summed E-state index contributed by atoms with van der Waals surface area (Å²) in [5, 5.41) is 0. The number of rotatable bonds is 2. The summed E-state index contributed by atoms with van der Waals surface area (Å²) >= 11 is 0. The van der Waals surface area contributed by atoms with Crippen LogP contribution in [0.4, 0.5) is 0 Å². The van der Waals surface area contributed by atoms with Gasteiger partial charge in [0.05, 0.1) is 14.2 Å². The second-order valence-corrected chi connectivity index (χ2v) is 7.35. The van der Waals surface area contributed by atoms with Gasteiger partial charge in [-0.3, -0.25) is 4.79 Å². The Bertz CT molecular complexity index is 656. The molecular formula is C19H25NO3. The first kappa shape index (κ1) is 15.0. The largest absolute Gasteiger partial charge is 0.493 e. The van der Waals surface area contributed by atoms with Crippen molar-refractivity contribution in [2.24, 2.45) is 5.92 Å². The molecule has 0 unspecified atom stereocenters. The number of hydrogen-bond acceptors (Lipinski definition) is 4. The SMILES string of the molecule is COc1ccc2c(c1OC)[C@]13CCN(C)[C@@H](C2)[C@@H]1CCC(=O)C3. The molecule has 2 bridgehead atoms. The third-order valence-corrected chi connectivity index (χ3v) is 6.46. The number of piperidine rings is 1. The fraction of sp³-hybridized carbons (Fsp3) is 0.632. The smallest absolute Gasteiger partial charge is 0.164 e. The van der Waals surface area contributed by atoms with Crippen molar-refractivity contribution in [2.45, 2.75) is 43.6 Å². The van der Waals surface area contributed by atoms with Crippen LogP contribution in [-0.2, 0) is 16.6 Å². The van der Waals surface area contributed by atoms with Gasteiger partial charge < -0.3 is 14.4 Å². The zero-order chi connectivity index (χ0) is 16.2. The molecule has 4 heteroatoms. The molecule has 124 valence electrons. The number of benzene rings is 1. The molecule has 4 rings (SSSR count). The first-order chi connectivity index (χ1) is 11.1.